The molecule has 2 aromatic heterocycles. The molecule has 0 saturated carbocycles. The van der Waals surface area contributed by atoms with Crippen molar-refractivity contribution in [3.63, 3.8) is 0 Å². The third-order valence-electron chi connectivity index (χ3n) is 4.04. The zero-order valence-electron chi connectivity index (χ0n) is 13.6. The van der Waals surface area contributed by atoms with Crippen LogP contribution in [0.25, 0.3) is 10.9 Å². The van der Waals surface area contributed by atoms with Crippen LogP contribution in [-0.2, 0) is 0 Å². The van der Waals surface area contributed by atoms with E-state index in [4.69, 9.17) is 0 Å². The average molecular weight is 432 g/mol. The maximum atomic E-state index is 12.6. The number of nitrogens with one attached hydrogen (secondary N) is 3. The highest BCUT2D eigenvalue weighted by Crippen LogP contribution is 2.31. The van der Waals surface area contributed by atoms with Gasteiger partial charge in [0.2, 0.25) is 0 Å². The quantitative estimate of drug-likeness (QED) is 0.553. The molecule has 1 aliphatic heterocycles. The molecule has 1 atom stereocenters. The lowest BCUT2D eigenvalue weighted by molar-refractivity contribution is 0.199. The Hall–Kier alpha value is -2.65. The van der Waals surface area contributed by atoms with Crippen LogP contribution in [0.5, 0.6) is 0 Å². The molecular weight excluding hydrogens is 418 g/mol. The van der Waals surface area contributed by atoms with Crippen molar-refractivity contribution in [1.82, 2.24) is 20.4 Å². The Labute approximate surface area is 161 Å². The number of carbonyl (C=O) groups excluding carboxylic acids is 2. The molecule has 3 N–H and O–H groups in total. The summed E-state index contributed by atoms with van der Waals surface area (Å²) in [4.78, 5) is 27.2. The molecule has 1 aliphatic rings. The fourth-order valence-corrected chi connectivity index (χ4v) is 4.26. The fraction of sp³-hybridized carbons (Fsp3) is 0.118. The molecule has 132 valence electrons. The van der Waals surface area contributed by atoms with Gasteiger partial charge in [-0.05, 0) is 59.3 Å². The maximum absolute atomic E-state index is 12.6. The van der Waals surface area contributed by atoms with Crippen molar-refractivity contribution in [3.8, 4) is 0 Å². The molecule has 0 saturated heterocycles. The van der Waals surface area contributed by atoms with E-state index in [1.165, 1.54) is 0 Å². The van der Waals surface area contributed by atoms with Crippen LogP contribution >= 0.6 is 27.3 Å². The van der Waals surface area contributed by atoms with Crippen molar-refractivity contribution in [3.05, 3.63) is 57.0 Å². The number of aromatic amines is 1. The maximum Gasteiger partial charge on any atom is 0.334 e. The fourth-order valence-electron chi connectivity index (χ4n) is 2.82. The minimum Gasteiger partial charge on any atom is -0.326 e. The molecule has 1 unspecified atom stereocenters. The first-order valence-electron chi connectivity index (χ1n) is 7.79. The van der Waals surface area contributed by atoms with Gasteiger partial charge in [-0.15, -0.1) is 11.3 Å². The summed E-state index contributed by atoms with van der Waals surface area (Å²) in [6.07, 6.45) is 3.53. The van der Waals surface area contributed by atoms with Crippen molar-refractivity contribution in [2.45, 2.75) is 13.0 Å². The van der Waals surface area contributed by atoms with Gasteiger partial charge in [-0.1, -0.05) is 0 Å². The Balaban J connectivity index is 1.54. The number of imide groups is 1. The predicted molar refractivity (Wildman–Crippen MR) is 104 cm³/mol. The highest BCUT2D eigenvalue weighted by Gasteiger charge is 2.30. The number of anilines is 1. The number of rotatable bonds is 2. The molecular formula is C17H14BrN5O2S. The summed E-state index contributed by atoms with van der Waals surface area (Å²) in [7, 11) is 0. The van der Waals surface area contributed by atoms with Crippen LogP contribution in [0.3, 0.4) is 0 Å². The van der Waals surface area contributed by atoms with Crippen LogP contribution in [-0.4, -0.2) is 27.2 Å². The number of fused-ring (bicyclic) bond motifs is 1. The van der Waals surface area contributed by atoms with Crippen molar-refractivity contribution in [2.24, 2.45) is 0 Å². The Bertz CT molecular complexity index is 1040. The van der Waals surface area contributed by atoms with Gasteiger partial charge in [-0.3, -0.25) is 5.10 Å². The van der Waals surface area contributed by atoms with Crippen molar-refractivity contribution in [2.75, 3.05) is 5.32 Å². The summed E-state index contributed by atoms with van der Waals surface area (Å²) in [5, 5.41) is 13.3. The van der Waals surface area contributed by atoms with E-state index in [1.807, 2.05) is 24.3 Å². The van der Waals surface area contributed by atoms with E-state index in [-0.39, 0.29) is 6.04 Å². The second-order valence-corrected chi connectivity index (χ2v) is 8.31. The summed E-state index contributed by atoms with van der Waals surface area (Å²) in [5.41, 5.74) is 2.04. The number of H-pyrrole nitrogens is 1. The van der Waals surface area contributed by atoms with Crippen LogP contribution < -0.4 is 10.6 Å². The lowest BCUT2D eigenvalue weighted by atomic mass is 10.1. The number of hydrogen-bond acceptors (Lipinski definition) is 4. The van der Waals surface area contributed by atoms with Gasteiger partial charge in [-0.25, -0.2) is 14.5 Å². The van der Waals surface area contributed by atoms with Crippen molar-refractivity contribution in [1.29, 1.82) is 0 Å². The van der Waals surface area contributed by atoms with E-state index >= 15 is 0 Å². The summed E-state index contributed by atoms with van der Waals surface area (Å²) in [6, 6.07) is 8.03. The summed E-state index contributed by atoms with van der Waals surface area (Å²) in [6.45, 7) is 1.74. The number of aromatic nitrogens is 2. The SMILES string of the molecule is CC1=CC(c2ccc(Br)s2)NC(=O)N1C(=O)Nc1ccc2[nH]ncc2c1. The normalized spacial score (nSPS) is 17.2. The molecule has 0 aliphatic carbocycles. The zero-order valence-corrected chi connectivity index (χ0v) is 16.0. The van der Waals surface area contributed by atoms with Gasteiger partial charge >= 0.3 is 12.1 Å². The first-order chi connectivity index (χ1) is 12.5. The van der Waals surface area contributed by atoms with Gasteiger partial charge in [-0.2, -0.15) is 5.10 Å². The summed E-state index contributed by atoms with van der Waals surface area (Å²) in [5.74, 6) is 0. The van der Waals surface area contributed by atoms with E-state index in [0.29, 0.717) is 11.4 Å². The van der Waals surface area contributed by atoms with Gasteiger partial charge in [0.25, 0.3) is 0 Å². The smallest absolute Gasteiger partial charge is 0.326 e. The Morgan fingerprint density at radius 2 is 2.19 bits per heavy atom. The molecule has 0 radical (unpaired) electrons. The summed E-state index contributed by atoms with van der Waals surface area (Å²) >= 11 is 4.96. The standard InChI is InChI=1S/C17H14BrN5O2S/c1-9-6-13(14-4-5-15(18)26-14)21-17(25)23(9)16(24)20-11-2-3-12-10(7-11)8-19-22-12/h2-8,13H,1H3,(H,19,22)(H,20,24)(H,21,25). The average Bonchev–Trinajstić information content (AvgIpc) is 3.22. The molecule has 0 spiro atoms. The van der Waals surface area contributed by atoms with Crippen molar-refractivity contribution < 1.29 is 9.59 Å². The lowest BCUT2D eigenvalue weighted by Crippen LogP contribution is -2.48. The summed E-state index contributed by atoms with van der Waals surface area (Å²) < 4.78 is 0.989. The van der Waals surface area contributed by atoms with Gasteiger partial charge in [0, 0.05) is 21.6 Å². The van der Waals surface area contributed by atoms with Gasteiger partial charge in [0.05, 0.1) is 21.5 Å². The van der Waals surface area contributed by atoms with E-state index < -0.39 is 12.1 Å². The van der Waals surface area contributed by atoms with Gasteiger partial charge < -0.3 is 10.6 Å². The second kappa shape index (κ2) is 6.58. The van der Waals surface area contributed by atoms with Crippen LogP contribution in [0.2, 0.25) is 0 Å². The molecule has 7 nitrogen and oxygen atoms in total. The number of thiophene rings is 1. The predicted octanol–water partition coefficient (Wildman–Crippen LogP) is 4.59. The van der Waals surface area contributed by atoms with Gasteiger partial charge in [0.15, 0.2) is 0 Å². The number of benzene rings is 1. The number of nitrogens with zero attached hydrogens (tertiary/aromatic N) is 2. The first kappa shape index (κ1) is 16.8. The molecule has 4 amide bonds. The Morgan fingerprint density at radius 3 is 2.92 bits per heavy atom. The molecule has 4 rings (SSSR count). The number of hydrogen-bond donors (Lipinski definition) is 3. The monoisotopic (exact) mass is 431 g/mol. The number of amides is 4. The molecule has 0 fully saturated rings. The van der Waals surface area contributed by atoms with Crippen LogP contribution in [0.4, 0.5) is 15.3 Å². The molecule has 3 aromatic rings. The number of urea groups is 2. The number of allylic oxidation sites excluding steroid dienone is 1. The van der Waals surface area contributed by atoms with Gasteiger partial charge in [0.1, 0.15) is 0 Å². The molecule has 3 heterocycles. The van der Waals surface area contributed by atoms with E-state index in [1.54, 1.807) is 36.6 Å². The van der Waals surface area contributed by atoms with E-state index in [0.717, 1.165) is 24.5 Å². The lowest BCUT2D eigenvalue weighted by Gasteiger charge is -2.29. The Kier molecular flexibility index (Phi) is 4.25. The van der Waals surface area contributed by atoms with Crippen LogP contribution in [0.15, 0.2) is 52.1 Å². The molecule has 1 aromatic carbocycles. The first-order valence-corrected chi connectivity index (χ1v) is 9.40. The second-order valence-electron chi connectivity index (χ2n) is 5.81. The number of halogens is 1. The largest absolute Gasteiger partial charge is 0.334 e. The van der Waals surface area contributed by atoms with Crippen LogP contribution in [0, 0.1) is 0 Å². The Morgan fingerprint density at radius 1 is 1.35 bits per heavy atom. The van der Waals surface area contributed by atoms with Crippen LogP contribution in [0.1, 0.15) is 17.8 Å². The molecule has 26 heavy (non-hydrogen) atoms. The van der Waals surface area contributed by atoms with E-state index in [2.05, 4.69) is 36.8 Å². The molecule has 9 heteroatoms. The number of carbonyl (C=O) groups is 2. The van der Waals surface area contributed by atoms with Crippen molar-refractivity contribution >= 4 is 55.9 Å². The highest BCUT2D eigenvalue weighted by molar-refractivity contribution is 9.11. The van der Waals surface area contributed by atoms with E-state index in [9.17, 15) is 9.59 Å². The highest BCUT2D eigenvalue weighted by atomic mass is 79.9. The third kappa shape index (κ3) is 3.11. The molecule has 0 bridgehead atoms. The zero-order chi connectivity index (χ0) is 18.3. The minimum atomic E-state index is -0.509. The topological polar surface area (TPSA) is 90.1 Å². The minimum absolute atomic E-state index is 0.245. The third-order valence-corrected chi connectivity index (χ3v) is 5.74.